The Morgan fingerprint density at radius 1 is 1.19 bits per heavy atom. The molecule has 216 valence electrons. The zero-order chi connectivity index (χ0) is 30.1. The normalized spacial score (nSPS) is 21.0. The van der Waals surface area contributed by atoms with Crippen molar-refractivity contribution in [1.29, 1.82) is 0 Å². The number of aryl methyl sites for hydroxylation is 2. The number of carbonyl (C=O) groups is 3. The molecule has 0 unspecified atom stereocenters. The Kier molecular flexibility index (Phi) is 6.55. The second-order valence-corrected chi connectivity index (χ2v) is 11.9. The second-order valence-electron chi connectivity index (χ2n) is 11.2. The van der Waals surface area contributed by atoms with E-state index in [1.165, 1.54) is 30.1 Å². The van der Waals surface area contributed by atoms with E-state index in [2.05, 4.69) is 46.3 Å². The fourth-order valence-electron chi connectivity index (χ4n) is 5.72. The minimum Gasteiger partial charge on any atom is -0.325 e. The summed E-state index contributed by atoms with van der Waals surface area (Å²) >= 11 is 3.05. The van der Waals surface area contributed by atoms with Gasteiger partial charge < -0.3 is 15.2 Å². The first-order chi connectivity index (χ1) is 19.9. The zero-order valence-corrected chi connectivity index (χ0v) is 24.7. The third-order valence-electron chi connectivity index (χ3n) is 8.05. The molecule has 1 aliphatic carbocycles. The summed E-state index contributed by atoms with van der Waals surface area (Å²) in [6.45, 7) is 6.47. The summed E-state index contributed by atoms with van der Waals surface area (Å²) in [5.41, 5.74) is 1.00. The van der Waals surface area contributed by atoms with E-state index in [0.29, 0.717) is 34.4 Å². The molecule has 1 saturated carbocycles. The summed E-state index contributed by atoms with van der Waals surface area (Å²) in [5.74, 6) is -0.950. The number of fused-ring (bicyclic) bond motifs is 2. The molecule has 14 heteroatoms. The minimum absolute atomic E-state index is 0.0237. The van der Waals surface area contributed by atoms with Crippen molar-refractivity contribution >= 4 is 50.2 Å². The first-order valence-corrected chi connectivity index (χ1v) is 14.0. The molecule has 0 spiro atoms. The molecule has 42 heavy (non-hydrogen) atoms. The molecule has 2 N–H and O–H groups in total. The number of nitrogens with one attached hydrogen (secondary N) is 2. The number of halogens is 2. The molecule has 2 aliphatic rings. The van der Waals surface area contributed by atoms with Crippen LogP contribution in [0.5, 0.6) is 0 Å². The average molecular weight is 637 g/mol. The monoisotopic (exact) mass is 636 g/mol. The first-order valence-electron chi connectivity index (χ1n) is 13.2. The predicted octanol–water partition coefficient (Wildman–Crippen LogP) is 3.32. The summed E-state index contributed by atoms with van der Waals surface area (Å²) in [7, 11) is 0. The lowest BCUT2D eigenvalue weighted by Gasteiger charge is -2.27. The van der Waals surface area contributed by atoms with E-state index in [1.54, 1.807) is 24.8 Å². The predicted molar refractivity (Wildman–Crippen MR) is 153 cm³/mol. The van der Waals surface area contributed by atoms with Crippen molar-refractivity contribution in [2.45, 2.75) is 59.2 Å². The van der Waals surface area contributed by atoms with Gasteiger partial charge >= 0.3 is 0 Å². The quantitative estimate of drug-likeness (QED) is 0.241. The zero-order valence-electron chi connectivity index (χ0n) is 23.2. The van der Waals surface area contributed by atoms with E-state index in [-0.39, 0.29) is 56.9 Å². The van der Waals surface area contributed by atoms with Crippen molar-refractivity contribution < 1.29 is 18.8 Å². The van der Waals surface area contributed by atoms with E-state index in [9.17, 15) is 23.6 Å². The number of H-pyrrole nitrogens is 1. The van der Waals surface area contributed by atoms with Crippen LogP contribution in [0.25, 0.3) is 22.2 Å². The van der Waals surface area contributed by atoms with Gasteiger partial charge in [0.1, 0.15) is 34.5 Å². The highest BCUT2D eigenvalue weighted by Gasteiger charge is 2.64. The van der Waals surface area contributed by atoms with Crippen LogP contribution in [0, 0.1) is 25.1 Å². The highest BCUT2D eigenvalue weighted by Crippen LogP contribution is 2.59. The number of aromatic amines is 1. The highest BCUT2D eigenvalue weighted by atomic mass is 79.9. The van der Waals surface area contributed by atoms with Crippen LogP contribution in [-0.2, 0) is 16.1 Å². The molecule has 0 bridgehead atoms. The molecule has 0 radical (unpaired) electrons. The molecule has 5 heterocycles. The van der Waals surface area contributed by atoms with E-state index in [0.717, 1.165) is 6.42 Å². The number of hydrogen-bond acceptors (Lipinski definition) is 8. The van der Waals surface area contributed by atoms with Gasteiger partial charge in [0, 0.05) is 24.5 Å². The van der Waals surface area contributed by atoms with Crippen LogP contribution in [0.4, 0.5) is 10.2 Å². The van der Waals surface area contributed by atoms with Crippen molar-refractivity contribution in [3.05, 3.63) is 62.4 Å². The molecular weight excluding hydrogens is 611 g/mol. The van der Waals surface area contributed by atoms with Crippen LogP contribution in [0.3, 0.4) is 0 Å². The van der Waals surface area contributed by atoms with Gasteiger partial charge in [0.25, 0.3) is 5.56 Å². The molecule has 1 aliphatic heterocycles. The summed E-state index contributed by atoms with van der Waals surface area (Å²) in [4.78, 5) is 69.0. The highest BCUT2D eigenvalue weighted by molar-refractivity contribution is 9.10. The van der Waals surface area contributed by atoms with Gasteiger partial charge in [-0.15, -0.1) is 0 Å². The number of ketones is 1. The second kappa shape index (κ2) is 9.89. The van der Waals surface area contributed by atoms with Gasteiger partial charge in [-0.1, -0.05) is 6.92 Å². The number of carbonyl (C=O) groups excluding carboxylic acids is 3. The number of amides is 2. The maximum absolute atomic E-state index is 13.9. The summed E-state index contributed by atoms with van der Waals surface area (Å²) in [5, 5.41) is 7.62. The third-order valence-corrected chi connectivity index (χ3v) is 8.61. The number of hydrogen-bond donors (Lipinski definition) is 2. The Balaban J connectivity index is 1.30. The van der Waals surface area contributed by atoms with Crippen LogP contribution >= 0.6 is 15.9 Å². The molecule has 1 saturated heterocycles. The van der Waals surface area contributed by atoms with Crippen molar-refractivity contribution in [3.8, 4) is 11.3 Å². The number of pyridine rings is 2. The lowest BCUT2D eigenvalue weighted by Crippen LogP contribution is -2.47. The van der Waals surface area contributed by atoms with E-state index >= 15 is 0 Å². The molecule has 3 atom stereocenters. The van der Waals surface area contributed by atoms with Crippen molar-refractivity contribution in [1.82, 2.24) is 34.6 Å². The lowest BCUT2D eigenvalue weighted by atomic mass is 10.0. The topological polar surface area (TPSA) is 156 Å². The average Bonchev–Trinajstić information content (AvgIpc) is 3.28. The number of rotatable bonds is 6. The van der Waals surface area contributed by atoms with Crippen molar-refractivity contribution in [2.75, 3.05) is 5.32 Å². The lowest BCUT2D eigenvalue weighted by molar-refractivity contribution is -0.138. The Hall–Kier alpha value is -4.33. The molecule has 2 fully saturated rings. The van der Waals surface area contributed by atoms with Crippen LogP contribution < -0.4 is 10.9 Å². The molecule has 6 rings (SSSR count). The standard InChI is InChI=1S/C28H26BrFN8O4/c1-12-5-17(30)24(29)34-25(12)35-27(42)19-7-28(4)8-21(28)38(19)22(40)11-37-20-10-32-18(6-15(20)23(36-37)13(2)39)16-9-31-14(3)33-26(16)41/h5-6,9-10,19,21H,7-8,11H2,1-4H3,(H,31,33,41)(H,34,35,42)/t19-,21+,28-/m0/s1. The van der Waals surface area contributed by atoms with Gasteiger partial charge in [0.05, 0.1) is 23.0 Å². The van der Waals surface area contributed by atoms with Gasteiger partial charge in [-0.2, -0.15) is 5.10 Å². The Labute approximate surface area is 246 Å². The fraction of sp³-hybridized carbons (Fsp3) is 0.357. The molecule has 4 aromatic heterocycles. The molecule has 4 aromatic rings. The molecule has 2 amide bonds. The molecular formula is C28H26BrFN8O4. The largest absolute Gasteiger partial charge is 0.325 e. The molecule has 0 aromatic carbocycles. The summed E-state index contributed by atoms with van der Waals surface area (Å²) < 4.78 is 15.2. The minimum atomic E-state index is -0.758. The van der Waals surface area contributed by atoms with Gasteiger partial charge in [0.15, 0.2) is 11.6 Å². The van der Waals surface area contributed by atoms with Crippen LogP contribution in [-0.4, -0.2) is 64.3 Å². The number of likely N-dealkylation sites (tertiary alicyclic amines) is 1. The van der Waals surface area contributed by atoms with Crippen molar-refractivity contribution in [3.63, 3.8) is 0 Å². The molecule has 12 nitrogen and oxygen atoms in total. The fourth-order valence-corrected chi connectivity index (χ4v) is 6.01. The van der Waals surface area contributed by atoms with Gasteiger partial charge in [-0.25, -0.2) is 14.4 Å². The Morgan fingerprint density at radius 3 is 2.67 bits per heavy atom. The van der Waals surface area contributed by atoms with E-state index < -0.39 is 17.8 Å². The summed E-state index contributed by atoms with van der Waals surface area (Å²) in [6, 6.07) is 1.98. The first kappa shape index (κ1) is 27.8. The smallest absolute Gasteiger partial charge is 0.260 e. The number of nitrogens with zero attached hydrogens (tertiary/aromatic N) is 6. The van der Waals surface area contributed by atoms with Crippen LogP contribution in [0.1, 0.15) is 48.6 Å². The van der Waals surface area contributed by atoms with E-state index in [1.807, 2.05) is 6.92 Å². The number of piperidine rings is 1. The Bertz CT molecular complexity index is 1890. The SMILES string of the molecule is CC(=O)c1nn(CC(=O)N2[C@H](C(=O)Nc3nc(Br)c(F)cc3C)C[C@@]3(C)C[C@@H]23)c2cnc(-c3cnc(C)[nH]c3=O)cc12. The number of anilines is 1. The number of Topliss-reactive ketones (excluding diaryl/α,β-unsaturated/α-hetero) is 1. The maximum atomic E-state index is 13.9. The van der Waals surface area contributed by atoms with E-state index in [4.69, 9.17) is 0 Å². The van der Waals surface area contributed by atoms with Crippen LogP contribution in [0.15, 0.2) is 33.9 Å². The van der Waals surface area contributed by atoms with Crippen molar-refractivity contribution in [2.24, 2.45) is 5.41 Å². The number of aromatic nitrogens is 6. The van der Waals surface area contributed by atoms with Gasteiger partial charge in [-0.05, 0) is 65.7 Å². The Morgan fingerprint density at radius 2 is 1.95 bits per heavy atom. The van der Waals surface area contributed by atoms with Gasteiger partial charge in [0.2, 0.25) is 11.8 Å². The van der Waals surface area contributed by atoms with Crippen LogP contribution in [0.2, 0.25) is 0 Å². The third kappa shape index (κ3) is 4.68. The maximum Gasteiger partial charge on any atom is 0.260 e. The van der Waals surface area contributed by atoms with Gasteiger partial charge in [-0.3, -0.25) is 28.8 Å². The summed E-state index contributed by atoms with van der Waals surface area (Å²) in [6.07, 6.45) is 4.12.